The Labute approximate surface area is 119 Å². The molecule has 0 amide bonds. The van der Waals surface area contributed by atoms with Gasteiger partial charge < -0.3 is 10.2 Å². The molecule has 1 aromatic heterocycles. The maximum Gasteiger partial charge on any atom is 0.276 e. The van der Waals surface area contributed by atoms with Crippen molar-refractivity contribution in [3.8, 4) is 0 Å². The quantitative estimate of drug-likeness (QED) is 0.917. The average molecular weight is 283 g/mol. The molecule has 0 aliphatic heterocycles. The number of hydrogen-bond acceptors (Lipinski definition) is 5. The summed E-state index contributed by atoms with van der Waals surface area (Å²) in [6, 6.07) is 0.237. The van der Waals surface area contributed by atoms with Crippen LogP contribution in [0.4, 0.5) is 0 Å². The molecule has 19 heavy (non-hydrogen) atoms. The molecule has 1 aromatic rings. The van der Waals surface area contributed by atoms with Crippen LogP contribution < -0.4 is 5.73 Å². The van der Waals surface area contributed by atoms with Crippen LogP contribution in [0.5, 0.6) is 0 Å². The predicted octanol–water partition coefficient (Wildman–Crippen LogP) is 3.40. The minimum atomic E-state index is 0.237. The van der Waals surface area contributed by atoms with E-state index in [0.717, 1.165) is 18.8 Å². The first-order chi connectivity index (χ1) is 8.92. The maximum absolute atomic E-state index is 6.27. The lowest BCUT2D eigenvalue weighted by atomic mass is 9.69. The first-order valence-corrected chi connectivity index (χ1v) is 8.02. The summed E-state index contributed by atoms with van der Waals surface area (Å²) in [5.74, 6) is 1.36. The third kappa shape index (κ3) is 3.51. The number of nitrogens with two attached hydrogens (primary N) is 1. The Hall–Kier alpha value is -0.550. The van der Waals surface area contributed by atoms with E-state index >= 15 is 0 Å². The van der Waals surface area contributed by atoms with Crippen LogP contribution in [0.25, 0.3) is 0 Å². The van der Waals surface area contributed by atoms with Gasteiger partial charge in [0, 0.05) is 18.2 Å². The van der Waals surface area contributed by atoms with Crippen LogP contribution >= 0.6 is 11.8 Å². The number of thioether (sulfide) groups is 1. The lowest BCUT2D eigenvalue weighted by molar-refractivity contribution is 0.148. The van der Waals surface area contributed by atoms with E-state index < -0.39 is 0 Å². The van der Waals surface area contributed by atoms with Gasteiger partial charge >= 0.3 is 0 Å². The summed E-state index contributed by atoms with van der Waals surface area (Å²) in [7, 11) is 0. The molecular weight excluding hydrogens is 258 g/mol. The monoisotopic (exact) mass is 283 g/mol. The van der Waals surface area contributed by atoms with E-state index in [-0.39, 0.29) is 6.04 Å². The highest BCUT2D eigenvalue weighted by molar-refractivity contribution is 7.99. The van der Waals surface area contributed by atoms with Crippen molar-refractivity contribution in [1.29, 1.82) is 0 Å². The Balaban J connectivity index is 2.02. The second-order valence-electron chi connectivity index (χ2n) is 6.26. The van der Waals surface area contributed by atoms with Gasteiger partial charge in [0.25, 0.3) is 5.22 Å². The molecule has 4 nitrogen and oxygen atoms in total. The van der Waals surface area contributed by atoms with Crippen molar-refractivity contribution in [1.82, 2.24) is 10.2 Å². The van der Waals surface area contributed by atoms with Crippen molar-refractivity contribution in [3.05, 3.63) is 5.89 Å². The zero-order chi connectivity index (χ0) is 14.0. The van der Waals surface area contributed by atoms with Gasteiger partial charge in [-0.3, -0.25) is 0 Å². The summed E-state index contributed by atoms with van der Waals surface area (Å²) in [4.78, 5) is 0. The molecule has 0 spiro atoms. The van der Waals surface area contributed by atoms with E-state index in [0.29, 0.717) is 21.8 Å². The van der Waals surface area contributed by atoms with E-state index in [9.17, 15) is 0 Å². The Bertz CT molecular complexity index is 419. The largest absolute Gasteiger partial charge is 0.416 e. The summed E-state index contributed by atoms with van der Waals surface area (Å²) >= 11 is 1.66. The van der Waals surface area contributed by atoms with Crippen molar-refractivity contribution in [2.24, 2.45) is 17.1 Å². The summed E-state index contributed by atoms with van der Waals surface area (Å²) < 4.78 is 5.47. The fourth-order valence-corrected chi connectivity index (χ4v) is 3.90. The summed E-state index contributed by atoms with van der Waals surface area (Å²) in [6.07, 6.45) is 4.69. The van der Waals surface area contributed by atoms with Gasteiger partial charge in [-0.05, 0) is 30.6 Å². The Morgan fingerprint density at radius 3 is 2.68 bits per heavy atom. The van der Waals surface area contributed by atoms with Crippen molar-refractivity contribution in [2.45, 2.75) is 69.9 Å². The molecule has 3 unspecified atom stereocenters. The van der Waals surface area contributed by atoms with Crippen molar-refractivity contribution in [3.63, 3.8) is 0 Å². The number of aromatic nitrogens is 2. The van der Waals surface area contributed by atoms with Crippen molar-refractivity contribution in [2.75, 3.05) is 0 Å². The molecule has 0 aromatic carbocycles. The molecule has 2 rings (SSSR count). The lowest BCUT2D eigenvalue weighted by Gasteiger charge is -2.41. The van der Waals surface area contributed by atoms with Crippen molar-refractivity contribution >= 4 is 11.8 Å². The predicted molar refractivity (Wildman–Crippen MR) is 78.1 cm³/mol. The van der Waals surface area contributed by atoms with Crippen LogP contribution in [0.3, 0.4) is 0 Å². The third-order valence-electron chi connectivity index (χ3n) is 4.62. The van der Waals surface area contributed by atoms with Gasteiger partial charge in [0.05, 0.1) is 0 Å². The van der Waals surface area contributed by atoms with Crippen LogP contribution in [0.15, 0.2) is 9.64 Å². The standard InChI is InChI=1S/C14H25N3OS/c1-5-14(3,4)10-6-7-11(15)12(8-10)19-13-17-16-9(2)18-13/h10-12H,5-8,15H2,1-4H3. The molecule has 5 heteroatoms. The lowest BCUT2D eigenvalue weighted by Crippen LogP contribution is -2.42. The third-order valence-corrected chi connectivity index (χ3v) is 5.83. The summed E-state index contributed by atoms with van der Waals surface area (Å²) in [5, 5.41) is 9.01. The molecule has 1 aliphatic carbocycles. The Morgan fingerprint density at radius 1 is 1.37 bits per heavy atom. The minimum absolute atomic E-state index is 0.237. The fraction of sp³-hybridized carbons (Fsp3) is 0.857. The van der Waals surface area contributed by atoms with E-state index in [2.05, 4.69) is 31.0 Å². The van der Waals surface area contributed by atoms with Crippen LogP contribution in [0.1, 0.15) is 52.3 Å². The number of nitrogens with zero attached hydrogens (tertiary/aromatic N) is 2. The summed E-state index contributed by atoms with van der Waals surface area (Å²) in [5.41, 5.74) is 6.66. The van der Waals surface area contributed by atoms with Crippen LogP contribution in [0, 0.1) is 18.3 Å². The minimum Gasteiger partial charge on any atom is -0.416 e. The molecule has 1 fully saturated rings. The summed E-state index contributed by atoms with van der Waals surface area (Å²) in [6.45, 7) is 8.83. The van der Waals surface area contributed by atoms with Crippen LogP contribution in [0.2, 0.25) is 0 Å². The van der Waals surface area contributed by atoms with Crippen LogP contribution in [-0.2, 0) is 0 Å². The molecule has 1 saturated carbocycles. The molecule has 0 bridgehead atoms. The molecule has 3 atom stereocenters. The fourth-order valence-electron chi connectivity index (χ4n) is 2.74. The number of aryl methyl sites for hydroxylation is 1. The molecule has 108 valence electrons. The van der Waals surface area contributed by atoms with Gasteiger partial charge in [-0.2, -0.15) is 0 Å². The average Bonchev–Trinajstić information content (AvgIpc) is 2.77. The maximum atomic E-state index is 6.27. The first-order valence-electron chi connectivity index (χ1n) is 7.14. The number of rotatable bonds is 4. The van der Waals surface area contributed by atoms with Gasteiger partial charge in [0.2, 0.25) is 5.89 Å². The van der Waals surface area contributed by atoms with Crippen molar-refractivity contribution < 1.29 is 4.42 Å². The smallest absolute Gasteiger partial charge is 0.276 e. The first kappa shape index (κ1) is 14.9. The second-order valence-corrected chi connectivity index (χ2v) is 7.45. The SMILES string of the molecule is CCC(C)(C)C1CCC(N)C(Sc2nnc(C)o2)C1. The molecule has 2 N–H and O–H groups in total. The van der Waals surface area contributed by atoms with E-state index in [1.165, 1.54) is 12.8 Å². The van der Waals surface area contributed by atoms with Gasteiger partial charge in [-0.15, -0.1) is 10.2 Å². The molecular formula is C14H25N3OS. The Kier molecular flexibility index (Phi) is 4.56. The zero-order valence-electron chi connectivity index (χ0n) is 12.3. The highest BCUT2D eigenvalue weighted by Crippen LogP contribution is 2.44. The number of hydrogen-bond donors (Lipinski definition) is 1. The molecule has 1 aliphatic rings. The van der Waals surface area contributed by atoms with Gasteiger partial charge in [0.1, 0.15) is 0 Å². The normalized spacial score (nSPS) is 28.6. The van der Waals surface area contributed by atoms with E-state index in [1.54, 1.807) is 11.8 Å². The highest BCUT2D eigenvalue weighted by atomic mass is 32.2. The topological polar surface area (TPSA) is 64.9 Å². The zero-order valence-corrected chi connectivity index (χ0v) is 13.2. The van der Waals surface area contributed by atoms with Gasteiger partial charge in [-0.1, -0.05) is 39.0 Å². The van der Waals surface area contributed by atoms with E-state index in [4.69, 9.17) is 10.2 Å². The Morgan fingerprint density at radius 2 is 2.11 bits per heavy atom. The molecule has 0 radical (unpaired) electrons. The second kappa shape index (κ2) is 5.83. The van der Waals surface area contributed by atoms with Crippen LogP contribution in [-0.4, -0.2) is 21.5 Å². The van der Waals surface area contributed by atoms with Gasteiger partial charge in [0.15, 0.2) is 0 Å². The molecule has 1 heterocycles. The highest BCUT2D eigenvalue weighted by Gasteiger charge is 2.37. The molecule has 0 saturated heterocycles. The van der Waals surface area contributed by atoms with E-state index in [1.807, 2.05) is 6.92 Å². The van der Waals surface area contributed by atoms with Gasteiger partial charge in [-0.25, -0.2) is 0 Å².